The number of hydrogen-bond donors (Lipinski definition) is 1. The first-order chi connectivity index (χ1) is 14.3. The lowest BCUT2D eigenvalue weighted by molar-refractivity contribution is -0.140. The van der Waals surface area contributed by atoms with Crippen LogP contribution < -0.4 is 5.32 Å². The first-order valence-corrected chi connectivity index (χ1v) is 10.7. The molecule has 0 radical (unpaired) electrons. The van der Waals surface area contributed by atoms with E-state index >= 15 is 0 Å². The second-order valence-corrected chi connectivity index (χ2v) is 8.22. The van der Waals surface area contributed by atoms with Gasteiger partial charge in [-0.25, -0.2) is 9.67 Å². The molecule has 1 N–H and O–H groups in total. The highest BCUT2D eigenvalue weighted by Crippen LogP contribution is 2.24. The van der Waals surface area contributed by atoms with Crippen LogP contribution in [0.15, 0.2) is 24.3 Å². The van der Waals surface area contributed by atoms with Gasteiger partial charge in [-0.1, -0.05) is 6.92 Å². The van der Waals surface area contributed by atoms with Gasteiger partial charge in [0.2, 0.25) is 0 Å². The van der Waals surface area contributed by atoms with Gasteiger partial charge in [-0.2, -0.15) is 5.10 Å². The third-order valence-corrected chi connectivity index (χ3v) is 6.00. The van der Waals surface area contributed by atoms with Crippen LogP contribution in [0.2, 0.25) is 0 Å². The molecule has 30 heavy (non-hydrogen) atoms. The molecule has 3 rings (SSSR count). The third-order valence-electron chi connectivity index (χ3n) is 5.07. The second kappa shape index (κ2) is 9.21. The number of aryl methyl sites for hydroxylation is 3. The summed E-state index contributed by atoms with van der Waals surface area (Å²) in [6, 6.07) is 7.28. The summed E-state index contributed by atoms with van der Waals surface area (Å²) in [4.78, 5) is 29.6. The summed E-state index contributed by atoms with van der Waals surface area (Å²) in [6.45, 7) is 7.96. The zero-order chi connectivity index (χ0) is 21.8. The van der Waals surface area contributed by atoms with Crippen molar-refractivity contribution in [2.45, 2.75) is 47.0 Å². The van der Waals surface area contributed by atoms with Crippen LogP contribution >= 0.6 is 11.3 Å². The zero-order valence-electron chi connectivity index (χ0n) is 17.9. The van der Waals surface area contributed by atoms with E-state index in [1.165, 1.54) is 18.4 Å². The molecule has 158 valence electrons. The molecule has 0 bridgehead atoms. The summed E-state index contributed by atoms with van der Waals surface area (Å²) in [5, 5.41) is 8.09. The molecule has 1 aromatic carbocycles. The third kappa shape index (κ3) is 4.59. The highest BCUT2D eigenvalue weighted by molar-refractivity contribution is 7.15. The fourth-order valence-electron chi connectivity index (χ4n) is 3.35. The van der Waals surface area contributed by atoms with Crippen molar-refractivity contribution < 1.29 is 14.3 Å². The maximum Gasteiger partial charge on any atom is 0.305 e. The Morgan fingerprint density at radius 1 is 1.17 bits per heavy atom. The number of aromatic nitrogens is 3. The van der Waals surface area contributed by atoms with E-state index in [-0.39, 0.29) is 11.9 Å². The van der Waals surface area contributed by atoms with Crippen LogP contribution in [0.4, 0.5) is 5.13 Å². The average Bonchev–Trinajstić information content (AvgIpc) is 3.24. The van der Waals surface area contributed by atoms with Crippen molar-refractivity contribution in [3.63, 3.8) is 0 Å². The lowest BCUT2D eigenvalue weighted by atomic mass is 10.1. The normalized spacial score (nSPS) is 10.8. The molecule has 3 aromatic rings. The Kier molecular flexibility index (Phi) is 6.66. The van der Waals surface area contributed by atoms with Gasteiger partial charge in [0, 0.05) is 22.6 Å². The van der Waals surface area contributed by atoms with Crippen LogP contribution in [-0.2, 0) is 22.4 Å². The van der Waals surface area contributed by atoms with Crippen LogP contribution in [0.25, 0.3) is 5.69 Å². The van der Waals surface area contributed by atoms with Crippen LogP contribution in [0.1, 0.15) is 51.2 Å². The van der Waals surface area contributed by atoms with Crippen LogP contribution in [0.3, 0.4) is 0 Å². The highest BCUT2D eigenvalue weighted by atomic mass is 32.1. The second-order valence-electron chi connectivity index (χ2n) is 7.01. The molecule has 0 atom stereocenters. The molecule has 0 unspecified atom stereocenters. The number of carbonyl (C=O) groups excluding carboxylic acids is 2. The van der Waals surface area contributed by atoms with E-state index in [2.05, 4.69) is 15.4 Å². The van der Waals surface area contributed by atoms with Gasteiger partial charge in [-0.3, -0.25) is 14.9 Å². The summed E-state index contributed by atoms with van der Waals surface area (Å²) in [7, 11) is 1.39. The summed E-state index contributed by atoms with van der Waals surface area (Å²) >= 11 is 1.49. The topological polar surface area (TPSA) is 86.1 Å². The summed E-state index contributed by atoms with van der Waals surface area (Å²) in [6.07, 6.45) is 1.74. The molecular formula is C22H26N4O3S. The molecular weight excluding hydrogens is 400 g/mol. The van der Waals surface area contributed by atoms with Gasteiger partial charge in [-0.15, -0.1) is 11.3 Å². The molecule has 0 fully saturated rings. The summed E-state index contributed by atoms with van der Waals surface area (Å²) < 4.78 is 6.56. The molecule has 2 heterocycles. The van der Waals surface area contributed by atoms with Gasteiger partial charge < -0.3 is 4.74 Å². The largest absolute Gasteiger partial charge is 0.469 e. The minimum Gasteiger partial charge on any atom is -0.469 e. The predicted octanol–water partition coefficient (Wildman–Crippen LogP) is 4.17. The molecule has 0 aliphatic carbocycles. The molecule has 8 heteroatoms. The zero-order valence-corrected chi connectivity index (χ0v) is 18.7. The Morgan fingerprint density at radius 3 is 2.47 bits per heavy atom. The minimum atomic E-state index is -0.238. The number of nitrogens with one attached hydrogen (secondary N) is 1. The van der Waals surface area contributed by atoms with Crippen LogP contribution in [-0.4, -0.2) is 33.8 Å². The Balaban J connectivity index is 1.75. The molecule has 2 aromatic heterocycles. The predicted molar refractivity (Wildman–Crippen MR) is 118 cm³/mol. The summed E-state index contributed by atoms with van der Waals surface area (Å²) in [5.74, 6) is -0.427. The molecule has 0 aliphatic rings. The highest BCUT2D eigenvalue weighted by Gasteiger charge is 2.15. The van der Waals surface area contributed by atoms with Gasteiger partial charge in [-0.05, 0) is 63.4 Å². The van der Waals surface area contributed by atoms with Crippen molar-refractivity contribution in [1.82, 2.24) is 14.8 Å². The van der Waals surface area contributed by atoms with Crippen molar-refractivity contribution in [1.29, 1.82) is 0 Å². The molecule has 1 amide bonds. The maximum absolute atomic E-state index is 12.6. The number of hydrogen-bond acceptors (Lipinski definition) is 6. The smallest absolute Gasteiger partial charge is 0.305 e. The Morgan fingerprint density at radius 2 is 1.87 bits per heavy atom. The van der Waals surface area contributed by atoms with Crippen LogP contribution in [0.5, 0.6) is 0 Å². The van der Waals surface area contributed by atoms with Gasteiger partial charge in [0.1, 0.15) is 0 Å². The van der Waals surface area contributed by atoms with E-state index in [9.17, 15) is 9.59 Å². The van der Waals surface area contributed by atoms with Gasteiger partial charge in [0.25, 0.3) is 5.91 Å². The number of nitrogens with zero attached hydrogens (tertiary/aromatic N) is 3. The van der Waals surface area contributed by atoms with E-state index in [0.717, 1.165) is 39.6 Å². The molecule has 0 spiro atoms. The van der Waals surface area contributed by atoms with Gasteiger partial charge in [0.15, 0.2) is 5.13 Å². The molecule has 0 saturated carbocycles. The number of amides is 1. The first kappa shape index (κ1) is 21.7. The van der Waals surface area contributed by atoms with Gasteiger partial charge in [0.05, 0.1) is 24.2 Å². The Hall–Kier alpha value is -3.00. The number of carbonyl (C=O) groups is 2. The van der Waals surface area contributed by atoms with Crippen LogP contribution in [0, 0.1) is 20.8 Å². The summed E-state index contributed by atoms with van der Waals surface area (Å²) in [5.41, 5.74) is 5.31. The fraction of sp³-hybridized carbons (Fsp3) is 0.364. The fourth-order valence-corrected chi connectivity index (χ4v) is 4.25. The van der Waals surface area contributed by atoms with E-state index < -0.39 is 0 Å². The molecule has 0 saturated heterocycles. The van der Waals surface area contributed by atoms with E-state index in [1.54, 1.807) is 12.1 Å². The van der Waals surface area contributed by atoms with Crippen molar-refractivity contribution in [3.8, 4) is 5.69 Å². The number of methoxy groups -OCH3 is 1. The van der Waals surface area contributed by atoms with Crippen molar-refractivity contribution in [2.75, 3.05) is 12.4 Å². The number of ether oxygens (including phenoxy) is 1. The molecule has 0 aliphatic heterocycles. The van der Waals surface area contributed by atoms with Crippen molar-refractivity contribution in [3.05, 3.63) is 57.4 Å². The number of rotatable bonds is 7. The minimum absolute atomic E-state index is 0.190. The van der Waals surface area contributed by atoms with E-state index in [1.807, 2.05) is 44.5 Å². The number of thiazole rings is 1. The standard InChI is InChI=1S/C22H26N4O3S/c1-6-19-15(4)30-22(23-19)24-21(28)16-7-9-17(10-8-16)26-14(3)18(13(2)25-26)11-12-20(27)29-5/h7-10H,6,11-12H2,1-5H3,(H,23,24,28). The van der Waals surface area contributed by atoms with Gasteiger partial charge >= 0.3 is 5.97 Å². The monoisotopic (exact) mass is 426 g/mol. The molecule has 7 nitrogen and oxygen atoms in total. The lowest BCUT2D eigenvalue weighted by Crippen LogP contribution is -2.12. The van der Waals surface area contributed by atoms with Crippen molar-refractivity contribution >= 4 is 28.3 Å². The van der Waals surface area contributed by atoms with E-state index in [0.29, 0.717) is 23.5 Å². The SMILES string of the molecule is CCc1nc(NC(=O)c2ccc(-n3nc(C)c(CCC(=O)OC)c3C)cc2)sc1C. The van der Waals surface area contributed by atoms with Crippen molar-refractivity contribution in [2.24, 2.45) is 0 Å². The Bertz CT molecular complexity index is 1070. The number of esters is 1. The Labute approximate surface area is 180 Å². The number of anilines is 1. The lowest BCUT2D eigenvalue weighted by Gasteiger charge is -2.07. The average molecular weight is 427 g/mol. The van der Waals surface area contributed by atoms with E-state index in [4.69, 9.17) is 4.74 Å². The quantitative estimate of drug-likeness (QED) is 0.573. The maximum atomic E-state index is 12.6. The number of benzene rings is 1. The first-order valence-electron chi connectivity index (χ1n) is 9.84.